The lowest BCUT2D eigenvalue weighted by Gasteiger charge is -2.12. The van der Waals surface area contributed by atoms with E-state index in [0.29, 0.717) is 11.3 Å². The van der Waals surface area contributed by atoms with Gasteiger partial charge in [-0.1, -0.05) is 15.9 Å². The molecule has 5 nitrogen and oxygen atoms in total. The van der Waals surface area contributed by atoms with Gasteiger partial charge in [0.25, 0.3) is 10.1 Å². The molecule has 0 saturated heterocycles. The molecule has 0 unspecified atom stereocenters. The van der Waals surface area contributed by atoms with Crippen LogP contribution in [0.3, 0.4) is 0 Å². The van der Waals surface area contributed by atoms with Crippen molar-refractivity contribution in [2.45, 2.75) is 13.5 Å². The van der Waals surface area contributed by atoms with Gasteiger partial charge in [0.1, 0.15) is 5.75 Å². The summed E-state index contributed by atoms with van der Waals surface area (Å²) in [5.41, 5.74) is 1.62. The number of hydrogen-bond donors (Lipinski definition) is 0. The number of ether oxygens (including phenoxy) is 2. The van der Waals surface area contributed by atoms with E-state index >= 15 is 0 Å². The van der Waals surface area contributed by atoms with Crippen LogP contribution in [0, 0.1) is 6.92 Å². The highest BCUT2D eigenvalue weighted by Crippen LogP contribution is 2.28. The van der Waals surface area contributed by atoms with Crippen molar-refractivity contribution in [3.05, 3.63) is 27.7 Å². The Morgan fingerprint density at radius 3 is 2.56 bits per heavy atom. The number of methoxy groups -OCH3 is 1. The topological polar surface area (TPSA) is 61.8 Å². The minimum Gasteiger partial charge on any atom is -0.467 e. The summed E-state index contributed by atoms with van der Waals surface area (Å²) in [5, 5.41) is 0. The largest absolute Gasteiger partial charge is 0.467 e. The second kappa shape index (κ2) is 6.51. The molecule has 0 radical (unpaired) electrons. The van der Waals surface area contributed by atoms with E-state index < -0.39 is 10.1 Å². The van der Waals surface area contributed by atoms with Gasteiger partial charge in [-0.15, -0.1) is 0 Å². The molecule has 0 aliphatic carbocycles. The van der Waals surface area contributed by atoms with Crippen LogP contribution in [-0.2, 0) is 25.6 Å². The Labute approximate surface area is 115 Å². The zero-order valence-corrected chi connectivity index (χ0v) is 12.8. The van der Waals surface area contributed by atoms with Gasteiger partial charge in [-0.3, -0.25) is 4.18 Å². The van der Waals surface area contributed by atoms with Gasteiger partial charge in [-0.05, 0) is 24.6 Å². The Balaban J connectivity index is 2.95. The van der Waals surface area contributed by atoms with Crippen molar-refractivity contribution >= 4 is 26.0 Å². The molecule has 0 bridgehead atoms. The quantitative estimate of drug-likeness (QED) is 0.587. The SMILES string of the molecule is COCOc1cc(Br)c(C)cc1COS(C)(=O)=O. The van der Waals surface area contributed by atoms with Crippen LogP contribution in [0.25, 0.3) is 0 Å². The molecular formula is C11H15BrO5S. The van der Waals surface area contributed by atoms with Gasteiger partial charge in [-0.25, -0.2) is 0 Å². The van der Waals surface area contributed by atoms with Crippen LogP contribution >= 0.6 is 15.9 Å². The van der Waals surface area contributed by atoms with Crippen molar-refractivity contribution in [1.82, 2.24) is 0 Å². The van der Waals surface area contributed by atoms with Gasteiger partial charge < -0.3 is 9.47 Å². The summed E-state index contributed by atoms with van der Waals surface area (Å²) >= 11 is 3.38. The van der Waals surface area contributed by atoms with Crippen LogP contribution in [0.5, 0.6) is 5.75 Å². The highest BCUT2D eigenvalue weighted by Gasteiger charge is 2.11. The molecule has 0 aromatic heterocycles. The van der Waals surface area contributed by atoms with Crippen molar-refractivity contribution in [2.24, 2.45) is 0 Å². The summed E-state index contributed by atoms with van der Waals surface area (Å²) in [5.74, 6) is 0.526. The van der Waals surface area contributed by atoms with Gasteiger partial charge in [-0.2, -0.15) is 8.42 Å². The highest BCUT2D eigenvalue weighted by molar-refractivity contribution is 9.10. The van der Waals surface area contributed by atoms with Crippen molar-refractivity contribution in [3.63, 3.8) is 0 Å². The van der Waals surface area contributed by atoms with E-state index in [4.69, 9.17) is 13.7 Å². The lowest BCUT2D eigenvalue weighted by Crippen LogP contribution is -2.06. The van der Waals surface area contributed by atoms with Crippen molar-refractivity contribution in [3.8, 4) is 5.75 Å². The fourth-order valence-corrected chi connectivity index (χ4v) is 1.93. The third kappa shape index (κ3) is 4.93. The third-order valence-corrected chi connectivity index (χ3v) is 3.50. The van der Waals surface area contributed by atoms with E-state index in [1.54, 1.807) is 12.1 Å². The molecule has 1 aromatic rings. The second-order valence-corrected chi connectivity index (χ2v) is 6.22. The number of hydrogen-bond acceptors (Lipinski definition) is 5. The van der Waals surface area contributed by atoms with Crippen LogP contribution in [0.4, 0.5) is 0 Å². The lowest BCUT2D eigenvalue weighted by atomic mass is 10.1. The van der Waals surface area contributed by atoms with E-state index in [0.717, 1.165) is 16.3 Å². The van der Waals surface area contributed by atoms with Gasteiger partial charge in [0.2, 0.25) is 0 Å². The standard InChI is InChI=1S/C11H15BrO5S/c1-8-4-9(6-17-18(3,13)14)11(5-10(8)12)16-7-15-2/h4-5H,6-7H2,1-3H3. The summed E-state index contributed by atoms with van der Waals surface area (Å²) < 4.78 is 37.8. The lowest BCUT2D eigenvalue weighted by molar-refractivity contribution is 0.0497. The van der Waals surface area contributed by atoms with E-state index in [1.807, 2.05) is 6.92 Å². The van der Waals surface area contributed by atoms with Gasteiger partial charge >= 0.3 is 0 Å². The molecule has 0 heterocycles. The first kappa shape index (κ1) is 15.4. The molecule has 0 atom stereocenters. The molecule has 1 rings (SSSR count). The molecule has 102 valence electrons. The molecule has 0 aliphatic rings. The molecule has 1 aromatic carbocycles. The van der Waals surface area contributed by atoms with E-state index in [-0.39, 0.29) is 13.4 Å². The van der Waals surface area contributed by atoms with Crippen LogP contribution in [0.15, 0.2) is 16.6 Å². The second-order valence-electron chi connectivity index (χ2n) is 3.73. The van der Waals surface area contributed by atoms with Gasteiger partial charge in [0.15, 0.2) is 6.79 Å². The predicted octanol–water partition coefficient (Wildman–Crippen LogP) is 2.22. The molecule has 0 fully saturated rings. The fourth-order valence-electron chi connectivity index (χ4n) is 1.26. The first-order chi connectivity index (χ1) is 8.33. The van der Waals surface area contributed by atoms with E-state index in [9.17, 15) is 8.42 Å². The summed E-state index contributed by atoms with van der Waals surface area (Å²) in [6.07, 6.45) is 1.01. The summed E-state index contributed by atoms with van der Waals surface area (Å²) in [6, 6.07) is 3.57. The molecule has 7 heteroatoms. The maximum absolute atomic E-state index is 11.0. The van der Waals surface area contributed by atoms with Crippen LogP contribution < -0.4 is 4.74 Å². The molecule has 0 spiro atoms. The summed E-state index contributed by atoms with van der Waals surface area (Å²) in [4.78, 5) is 0. The van der Waals surface area contributed by atoms with E-state index in [2.05, 4.69) is 15.9 Å². The maximum Gasteiger partial charge on any atom is 0.264 e. The first-order valence-electron chi connectivity index (χ1n) is 5.08. The molecule has 0 saturated carbocycles. The average molecular weight is 339 g/mol. The van der Waals surface area contributed by atoms with Crippen LogP contribution in [-0.4, -0.2) is 28.6 Å². The summed E-state index contributed by atoms with van der Waals surface area (Å²) in [7, 11) is -1.97. The number of aryl methyl sites for hydroxylation is 1. The van der Waals surface area contributed by atoms with Crippen molar-refractivity contribution in [2.75, 3.05) is 20.2 Å². The molecule has 0 aliphatic heterocycles. The van der Waals surface area contributed by atoms with Crippen LogP contribution in [0.1, 0.15) is 11.1 Å². The summed E-state index contributed by atoms with van der Waals surface area (Å²) in [6.45, 7) is 1.92. The molecular weight excluding hydrogens is 324 g/mol. The molecule has 0 amide bonds. The molecule has 18 heavy (non-hydrogen) atoms. The smallest absolute Gasteiger partial charge is 0.264 e. The Kier molecular flexibility index (Phi) is 5.58. The van der Waals surface area contributed by atoms with Crippen molar-refractivity contribution < 1.29 is 22.1 Å². The maximum atomic E-state index is 11.0. The Morgan fingerprint density at radius 2 is 2.00 bits per heavy atom. The van der Waals surface area contributed by atoms with Crippen LogP contribution in [0.2, 0.25) is 0 Å². The minimum atomic E-state index is -3.48. The van der Waals surface area contributed by atoms with Gasteiger partial charge in [0.05, 0.1) is 12.9 Å². The van der Waals surface area contributed by atoms with E-state index in [1.165, 1.54) is 7.11 Å². The number of halogens is 1. The number of benzene rings is 1. The first-order valence-corrected chi connectivity index (χ1v) is 7.69. The Hall–Kier alpha value is -0.630. The molecule has 0 N–H and O–H groups in total. The average Bonchev–Trinajstić information content (AvgIpc) is 2.27. The highest BCUT2D eigenvalue weighted by atomic mass is 79.9. The zero-order chi connectivity index (χ0) is 13.8. The van der Waals surface area contributed by atoms with Gasteiger partial charge in [0, 0.05) is 17.1 Å². The minimum absolute atomic E-state index is 0.0635. The zero-order valence-electron chi connectivity index (χ0n) is 10.4. The third-order valence-electron chi connectivity index (χ3n) is 2.10. The monoisotopic (exact) mass is 338 g/mol. The normalized spacial score (nSPS) is 11.6. The fraction of sp³-hybridized carbons (Fsp3) is 0.455. The number of rotatable bonds is 6. The predicted molar refractivity (Wildman–Crippen MR) is 71.0 cm³/mol. The Morgan fingerprint density at radius 1 is 1.33 bits per heavy atom. The van der Waals surface area contributed by atoms with Crippen molar-refractivity contribution in [1.29, 1.82) is 0 Å². The Bertz CT molecular complexity index is 512.